The molecule has 0 aliphatic carbocycles. The Morgan fingerprint density at radius 1 is 1.00 bits per heavy atom. The van der Waals surface area contributed by atoms with Crippen molar-refractivity contribution in [3.8, 4) is 0 Å². The molecular formula is C18H33N5O3. The maximum atomic E-state index is 11.8. The van der Waals surface area contributed by atoms with Crippen molar-refractivity contribution in [2.24, 2.45) is 5.16 Å². The predicted octanol–water partition coefficient (Wildman–Crippen LogP) is 3.51. The molecule has 0 saturated heterocycles. The van der Waals surface area contributed by atoms with E-state index in [-0.39, 0.29) is 18.1 Å². The Morgan fingerprint density at radius 2 is 1.62 bits per heavy atom. The average Bonchev–Trinajstić information content (AvgIpc) is 3.10. The number of hydrogen-bond acceptors (Lipinski definition) is 7. The number of tetrazole rings is 1. The highest BCUT2D eigenvalue weighted by Gasteiger charge is 2.21. The second-order valence-corrected chi connectivity index (χ2v) is 6.23. The summed E-state index contributed by atoms with van der Waals surface area (Å²) in [5.41, 5.74) is -0.0660. The van der Waals surface area contributed by atoms with Crippen molar-refractivity contribution in [1.82, 2.24) is 20.2 Å². The molecule has 0 saturated carbocycles. The van der Waals surface area contributed by atoms with E-state index in [2.05, 4.69) is 32.3 Å². The van der Waals surface area contributed by atoms with Crippen LogP contribution in [-0.2, 0) is 20.9 Å². The lowest BCUT2D eigenvalue weighted by Crippen LogP contribution is -2.21. The monoisotopic (exact) mass is 367 g/mol. The van der Waals surface area contributed by atoms with E-state index in [1.807, 2.05) is 0 Å². The fraction of sp³-hybridized carbons (Fsp3) is 0.833. The second-order valence-electron chi connectivity index (χ2n) is 6.23. The molecule has 0 spiro atoms. The Bertz CT molecular complexity index is 531. The molecule has 26 heavy (non-hydrogen) atoms. The van der Waals surface area contributed by atoms with Gasteiger partial charge in [0.25, 0.3) is 0 Å². The van der Waals surface area contributed by atoms with Crippen molar-refractivity contribution in [2.75, 3.05) is 13.7 Å². The van der Waals surface area contributed by atoms with Gasteiger partial charge in [-0.05, 0) is 18.6 Å². The second kappa shape index (κ2) is 14.2. The molecule has 0 N–H and O–H groups in total. The van der Waals surface area contributed by atoms with Crippen LogP contribution in [-0.4, -0.2) is 45.6 Å². The van der Waals surface area contributed by atoms with Gasteiger partial charge in [0.05, 0.1) is 13.2 Å². The van der Waals surface area contributed by atoms with Crippen molar-refractivity contribution >= 4 is 11.7 Å². The first-order valence-electron chi connectivity index (χ1n) is 9.79. The predicted molar refractivity (Wildman–Crippen MR) is 99.8 cm³/mol. The van der Waals surface area contributed by atoms with Crippen LogP contribution in [0.5, 0.6) is 0 Å². The molecular weight excluding hydrogens is 334 g/mol. The quantitative estimate of drug-likeness (QED) is 0.204. The molecule has 0 atom stereocenters. The zero-order valence-corrected chi connectivity index (χ0v) is 16.4. The van der Waals surface area contributed by atoms with E-state index in [1.54, 1.807) is 6.92 Å². The lowest BCUT2D eigenvalue weighted by atomic mass is 10.1. The Balaban J connectivity index is 2.25. The third-order valence-electron chi connectivity index (χ3n) is 4.03. The molecule has 0 aliphatic heterocycles. The zero-order valence-electron chi connectivity index (χ0n) is 16.4. The Labute approximate surface area is 156 Å². The molecule has 148 valence electrons. The number of ether oxygens (including phenoxy) is 1. The third-order valence-corrected chi connectivity index (χ3v) is 4.03. The number of hydrogen-bond donors (Lipinski definition) is 0. The minimum absolute atomic E-state index is 0.0660. The summed E-state index contributed by atoms with van der Waals surface area (Å²) in [6, 6.07) is 0. The zero-order chi connectivity index (χ0) is 19.0. The van der Waals surface area contributed by atoms with Crippen LogP contribution in [0.25, 0.3) is 0 Å². The molecule has 8 heteroatoms. The lowest BCUT2D eigenvalue weighted by molar-refractivity contribution is -0.135. The van der Waals surface area contributed by atoms with Gasteiger partial charge < -0.3 is 9.57 Å². The molecule has 1 heterocycles. The maximum Gasteiger partial charge on any atom is 0.364 e. The highest BCUT2D eigenvalue weighted by Crippen LogP contribution is 2.10. The van der Waals surface area contributed by atoms with E-state index in [9.17, 15) is 4.79 Å². The molecule has 0 amide bonds. The van der Waals surface area contributed by atoms with Crippen molar-refractivity contribution in [2.45, 2.75) is 84.6 Å². The topological polar surface area (TPSA) is 91.5 Å². The number of esters is 1. The van der Waals surface area contributed by atoms with Crippen LogP contribution in [0.15, 0.2) is 5.16 Å². The first-order chi connectivity index (χ1) is 12.7. The summed E-state index contributed by atoms with van der Waals surface area (Å²) < 4.78 is 4.92. The molecule has 1 aromatic heterocycles. The van der Waals surface area contributed by atoms with Crippen LogP contribution >= 0.6 is 0 Å². The van der Waals surface area contributed by atoms with Crippen LogP contribution in [0.1, 0.15) is 83.9 Å². The summed E-state index contributed by atoms with van der Waals surface area (Å²) in [5.74, 6) is -0.495. The standard InChI is InChI=1S/C18H33N5O3/c1-4-6-7-8-9-10-11-12-13-14-15-23-20-17(19-22-23)16(21-25-3)18(24)26-5-2/h4-15H2,1-3H3. The molecule has 0 aliphatic rings. The van der Waals surface area contributed by atoms with E-state index in [1.165, 1.54) is 63.3 Å². The van der Waals surface area contributed by atoms with Crippen molar-refractivity contribution in [3.63, 3.8) is 0 Å². The summed E-state index contributed by atoms with van der Waals surface area (Å²) in [7, 11) is 1.35. The summed E-state index contributed by atoms with van der Waals surface area (Å²) in [4.78, 5) is 18.0. The fourth-order valence-corrected chi connectivity index (χ4v) is 2.63. The average molecular weight is 367 g/mol. The summed E-state index contributed by atoms with van der Waals surface area (Å²) >= 11 is 0. The SMILES string of the molecule is CCCCCCCCCCCCn1nnc(C(=NOC)C(=O)OCC)n1. The minimum Gasteiger partial charge on any atom is -0.461 e. The number of aryl methyl sites for hydroxylation is 1. The normalized spacial score (nSPS) is 11.6. The molecule has 0 radical (unpaired) electrons. The molecule has 1 aromatic rings. The van der Waals surface area contributed by atoms with E-state index >= 15 is 0 Å². The van der Waals surface area contributed by atoms with Gasteiger partial charge in [-0.3, -0.25) is 0 Å². The number of nitrogens with zero attached hydrogens (tertiary/aromatic N) is 5. The van der Waals surface area contributed by atoms with Gasteiger partial charge >= 0.3 is 5.97 Å². The van der Waals surface area contributed by atoms with Gasteiger partial charge in [0, 0.05) is 0 Å². The van der Waals surface area contributed by atoms with E-state index in [0.717, 1.165) is 12.8 Å². The van der Waals surface area contributed by atoms with E-state index < -0.39 is 5.97 Å². The Morgan fingerprint density at radius 3 is 2.19 bits per heavy atom. The van der Waals surface area contributed by atoms with Crippen LogP contribution in [0.3, 0.4) is 0 Å². The first-order valence-corrected chi connectivity index (χ1v) is 9.79. The summed E-state index contributed by atoms with van der Waals surface area (Å²) in [5, 5.41) is 15.7. The summed E-state index contributed by atoms with van der Waals surface area (Å²) in [6.07, 6.45) is 12.7. The highest BCUT2D eigenvalue weighted by molar-refractivity contribution is 6.42. The number of aromatic nitrogens is 4. The van der Waals surface area contributed by atoms with Gasteiger partial charge in [-0.2, -0.15) is 4.80 Å². The van der Waals surface area contributed by atoms with Gasteiger partial charge in [0.2, 0.25) is 11.5 Å². The van der Waals surface area contributed by atoms with E-state index in [0.29, 0.717) is 6.54 Å². The fourth-order valence-electron chi connectivity index (χ4n) is 2.63. The van der Waals surface area contributed by atoms with Gasteiger partial charge in [-0.15, -0.1) is 10.2 Å². The molecule has 0 bridgehead atoms. The molecule has 0 unspecified atom stereocenters. The van der Waals surface area contributed by atoms with Crippen LogP contribution < -0.4 is 0 Å². The van der Waals surface area contributed by atoms with Gasteiger partial charge in [0.1, 0.15) is 7.11 Å². The van der Waals surface area contributed by atoms with Crippen LogP contribution in [0.2, 0.25) is 0 Å². The Kier molecular flexibility index (Phi) is 12.1. The highest BCUT2D eigenvalue weighted by atomic mass is 16.6. The van der Waals surface area contributed by atoms with Crippen molar-refractivity contribution < 1.29 is 14.4 Å². The number of oxime groups is 1. The number of rotatable bonds is 15. The van der Waals surface area contributed by atoms with Gasteiger partial charge in [-0.1, -0.05) is 69.9 Å². The third kappa shape index (κ3) is 8.92. The number of carbonyl (C=O) groups excluding carboxylic acids is 1. The van der Waals surface area contributed by atoms with Crippen LogP contribution in [0, 0.1) is 0 Å². The Hall–Kier alpha value is -1.99. The molecule has 0 fully saturated rings. The first kappa shape index (κ1) is 22.1. The summed E-state index contributed by atoms with van der Waals surface area (Å²) in [6.45, 7) is 4.88. The van der Waals surface area contributed by atoms with Gasteiger partial charge in [-0.25, -0.2) is 4.79 Å². The van der Waals surface area contributed by atoms with E-state index in [4.69, 9.17) is 4.74 Å². The van der Waals surface area contributed by atoms with Crippen LogP contribution in [0.4, 0.5) is 0 Å². The number of carbonyl (C=O) groups is 1. The molecule has 8 nitrogen and oxygen atoms in total. The minimum atomic E-state index is -0.618. The maximum absolute atomic E-state index is 11.8. The van der Waals surface area contributed by atoms with Gasteiger partial charge in [0.15, 0.2) is 0 Å². The smallest absolute Gasteiger partial charge is 0.364 e. The molecule has 0 aromatic carbocycles. The van der Waals surface area contributed by atoms with Crippen molar-refractivity contribution in [1.29, 1.82) is 0 Å². The largest absolute Gasteiger partial charge is 0.461 e. The van der Waals surface area contributed by atoms with Crippen molar-refractivity contribution in [3.05, 3.63) is 5.82 Å². The lowest BCUT2D eigenvalue weighted by Gasteiger charge is -2.02. The number of unbranched alkanes of at least 4 members (excludes halogenated alkanes) is 9. The molecule has 1 rings (SSSR count).